The van der Waals surface area contributed by atoms with Gasteiger partial charge in [0.15, 0.2) is 13.6 Å². The normalized spacial score (nSPS) is 12.4. The topological polar surface area (TPSA) is 63.6 Å². The van der Waals surface area contributed by atoms with Gasteiger partial charge in [-0.2, -0.15) is 0 Å². The highest BCUT2D eigenvalue weighted by Crippen LogP contribution is 2.40. The molecule has 0 spiro atoms. The molecule has 0 amide bonds. The molecular weight excluding hydrogens is 311 g/mol. The van der Waals surface area contributed by atoms with Gasteiger partial charge in [0.25, 0.3) is 0 Å². The number of esters is 1. The molecule has 2 aromatic carbocycles. The van der Waals surface area contributed by atoms with Crippen molar-refractivity contribution in [3.8, 4) is 0 Å². The summed E-state index contributed by atoms with van der Waals surface area (Å²) in [4.78, 5) is 21.8. The van der Waals surface area contributed by atoms with E-state index in [-0.39, 0.29) is 11.7 Å². The van der Waals surface area contributed by atoms with Crippen LogP contribution in [0.4, 0.5) is 0 Å². The van der Waals surface area contributed by atoms with Crippen LogP contribution >= 0.6 is 8.03 Å². The molecule has 0 aliphatic carbocycles. The van der Waals surface area contributed by atoms with E-state index in [1.807, 2.05) is 12.1 Å². The predicted molar refractivity (Wildman–Crippen MR) is 90.7 cm³/mol. The van der Waals surface area contributed by atoms with Gasteiger partial charge in [0.1, 0.15) is 0 Å². The van der Waals surface area contributed by atoms with E-state index >= 15 is 0 Å². The summed E-state index contributed by atoms with van der Waals surface area (Å²) < 4.78 is 17.4. The summed E-state index contributed by atoms with van der Waals surface area (Å²) in [5, 5.41) is 0. The van der Waals surface area contributed by atoms with Gasteiger partial charge in [-0.05, 0) is 6.92 Å². The van der Waals surface area contributed by atoms with E-state index in [2.05, 4.69) is 6.58 Å². The Hall–Kier alpha value is -2.16. The van der Waals surface area contributed by atoms with Gasteiger partial charge in [-0.25, -0.2) is 4.79 Å². The lowest BCUT2D eigenvalue weighted by molar-refractivity contribution is -0.150. The number of benzene rings is 2. The first-order chi connectivity index (χ1) is 11.0. The van der Waals surface area contributed by atoms with Gasteiger partial charge in [0.2, 0.25) is 0 Å². The Balaban J connectivity index is 2.65. The molecule has 1 unspecified atom stereocenters. The highest BCUT2D eigenvalue weighted by atomic mass is 31.1. The minimum absolute atomic E-state index is 0.190. The van der Waals surface area contributed by atoms with Crippen LogP contribution < -0.4 is 0 Å². The molecule has 1 atom stereocenters. The largest absolute Gasteiger partial charge is 0.445 e. The smallest absolute Gasteiger partial charge is 0.334 e. The zero-order valence-electron chi connectivity index (χ0n) is 12.9. The van der Waals surface area contributed by atoms with E-state index in [9.17, 15) is 14.3 Å². The van der Waals surface area contributed by atoms with Crippen LogP contribution in [0.5, 0.6) is 0 Å². The number of hydrogen-bond donors (Lipinski definition) is 1. The lowest BCUT2D eigenvalue weighted by Crippen LogP contribution is -2.36. The van der Waals surface area contributed by atoms with Crippen molar-refractivity contribution in [2.24, 2.45) is 0 Å². The number of rotatable bonds is 6. The third-order valence-electron chi connectivity index (χ3n) is 3.50. The van der Waals surface area contributed by atoms with Gasteiger partial charge in [0, 0.05) is 16.7 Å². The maximum Gasteiger partial charge on any atom is 0.334 e. The SMILES string of the molecule is C=C(C)C(=O)OC(C[PH](=O)O)(c1ccccc1)c1ccccc1. The van der Waals surface area contributed by atoms with Gasteiger partial charge in [-0.1, -0.05) is 67.2 Å². The predicted octanol–water partition coefficient (Wildman–Crippen LogP) is 3.52. The fourth-order valence-corrected chi connectivity index (χ4v) is 3.30. The molecule has 120 valence electrons. The zero-order chi connectivity index (χ0) is 16.9. The average Bonchev–Trinajstić information content (AvgIpc) is 2.55. The highest BCUT2D eigenvalue weighted by molar-refractivity contribution is 7.38. The zero-order valence-corrected chi connectivity index (χ0v) is 13.9. The second kappa shape index (κ2) is 7.40. The van der Waals surface area contributed by atoms with Gasteiger partial charge < -0.3 is 9.63 Å². The van der Waals surface area contributed by atoms with Gasteiger partial charge >= 0.3 is 5.97 Å². The Kier molecular flexibility index (Phi) is 5.54. The molecule has 2 rings (SSSR count). The van der Waals surface area contributed by atoms with Gasteiger partial charge in [-0.3, -0.25) is 4.57 Å². The average molecular weight is 330 g/mol. The van der Waals surface area contributed by atoms with Crippen molar-refractivity contribution < 1.29 is 19.0 Å². The molecule has 0 heterocycles. The summed E-state index contributed by atoms with van der Waals surface area (Å²) in [6.07, 6.45) is -0.190. The molecular formula is C18H19O4P. The highest BCUT2D eigenvalue weighted by Gasteiger charge is 2.40. The Morgan fingerprint density at radius 1 is 1.09 bits per heavy atom. The van der Waals surface area contributed by atoms with Crippen molar-refractivity contribution in [3.63, 3.8) is 0 Å². The molecule has 5 heteroatoms. The van der Waals surface area contributed by atoms with Crippen molar-refractivity contribution >= 4 is 14.0 Å². The molecule has 0 aliphatic heterocycles. The van der Waals surface area contributed by atoms with Crippen molar-refractivity contribution in [3.05, 3.63) is 83.9 Å². The number of hydrogen-bond acceptors (Lipinski definition) is 3. The molecule has 1 N–H and O–H groups in total. The third kappa shape index (κ3) is 3.98. The van der Waals surface area contributed by atoms with Crippen molar-refractivity contribution in [1.82, 2.24) is 0 Å². The molecule has 2 aromatic rings. The van der Waals surface area contributed by atoms with Crippen LogP contribution in [0.25, 0.3) is 0 Å². The van der Waals surface area contributed by atoms with E-state index in [1.54, 1.807) is 55.5 Å². The standard InChI is InChI=1S/C18H19O4P/c1-14(2)17(19)22-18(13-23(20)21,15-9-5-3-6-10-15)16-11-7-4-8-12-16/h3-12,23H,1,13H2,2H3,(H,20,21). The molecule has 0 fully saturated rings. The van der Waals surface area contributed by atoms with E-state index in [0.29, 0.717) is 11.1 Å². The molecule has 0 saturated carbocycles. The molecule has 23 heavy (non-hydrogen) atoms. The van der Waals surface area contributed by atoms with Crippen LogP contribution in [0.3, 0.4) is 0 Å². The summed E-state index contributed by atoms with van der Waals surface area (Å²) in [7, 11) is -2.91. The fraction of sp³-hybridized carbons (Fsp3) is 0.167. The molecule has 0 aliphatic rings. The summed E-state index contributed by atoms with van der Waals surface area (Å²) in [6, 6.07) is 18.0. The molecule has 0 saturated heterocycles. The third-order valence-corrected chi connectivity index (χ3v) is 4.30. The van der Waals surface area contributed by atoms with Crippen LogP contribution in [0.1, 0.15) is 18.1 Å². The van der Waals surface area contributed by atoms with E-state index < -0.39 is 19.6 Å². The summed E-state index contributed by atoms with van der Waals surface area (Å²) >= 11 is 0. The Bertz CT molecular complexity index is 671. The lowest BCUT2D eigenvalue weighted by atomic mass is 9.87. The minimum atomic E-state index is -2.91. The summed E-state index contributed by atoms with van der Waals surface area (Å²) in [5.41, 5.74) is 0.212. The number of carbonyl (C=O) groups is 1. The van der Waals surface area contributed by atoms with Gasteiger partial charge in [0.05, 0.1) is 6.16 Å². The Labute approximate surface area is 136 Å². The summed E-state index contributed by atoms with van der Waals surface area (Å²) in [5.74, 6) is -0.596. The van der Waals surface area contributed by atoms with Crippen molar-refractivity contribution in [2.45, 2.75) is 12.5 Å². The van der Waals surface area contributed by atoms with Crippen LogP contribution in [-0.2, 0) is 19.7 Å². The fourth-order valence-electron chi connectivity index (χ4n) is 2.40. The number of ether oxygens (including phenoxy) is 1. The number of carbonyl (C=O) groups excluding carboxylic acids is 1. The van der Waals surface area contributed by atoms with Crippen LogP contribution in [0, 0.1) is 0 Å². The van der Waals surface area contributed by atoms with E-state index in [4.69, 9.17) is 4.74 Å². The second-order valence-corrected chi connectivity index (χ2v) is 6.44. The van der Waals surface area contributed by atoms with Crippen molar-refractivity contribution in [2.75, 3.05) is 6.16 Å². The molecule has 0 radical (unpaired) electrons. The first-order valence-corrected chi connectivity index (χ1v) is 8.73. The molecule has 0 aromatic heterocycles. The van der Waals surface area contributed by atoms with Crippen LogP contribution in [0.15, 0.2) is 72.8 Å². The minimum Gasteiger partial charge on any atom is -0.445 e. The van der Waals surface area contributed by atoms with Gasteiger partial charge in [-0.15, -0.1) is 0 Å². The van der Waals surface area contributed by atoms with Crippen molar-refractivity contribution in [1.29, 1.82) is 0 Å². The maximum atomic E-state index is 12.2. The lowest BCUT2D eigenvalue weighted by Gasteiger charge is -2.34. The molecule has 4 nitrogen and oxygen atoms in total. The second-order valence-electron chi connectivity index (χ2n) is 5.30. The van der Waals surface area contributed by atoms with Crippen LogP contribution in [0.2, 0.25) is 0 Å². The van der Waals surface area contributed by atoms with E-state index in [0.717, 1.165) is 0 Å². The monoisotopic (exact) mass is 330 g/mol. The Morgan fingerprint density at radius 2 is 1.52 bits per heavy atom. The Morgan fingerprint density at radius 3 is 1.87 bits per heavy atom. The van der Waals surface area contributed by atoms with E-state index in [1.165, 1.54) is 0 Å². The first-order valence-electron chi connectivity index (χ1n) is 7.17. The first kappa shape index (κ1) is 17.2. The van der Waals surface area contributed by atoms with Crippen LogP contribution in [-0.4, -0.2) is 17.0 Å². The quantitative estimate of drug-likeness (QED) is 0.500. The maximum absolute atomic E-state index is 12.2. The summed E-state index contributed by atoms with van der Waals surface area (Å²) in [6.45, 7) is 5.15. The molecule has 0 bridgehead atoms.